The van der Waals surface area contributed by atoms with Crippen molar-refractivity contribution in [2.45, 2.75) is 76.5 Å². The van der Waals surface area contributed by atoms with Crippen molar-refractivity contribution in [1.82, 2.24) is 40.4 Å². The summed E-state index contributed by atoms with van der Waals surface area (Å²) < 4.78 is 15.2. The van der Waals surface area contributed by atoms with Gasteiger partial charge < -0.3 is 44.6 Å². The SMILES string of the molecule is COC(=O)N[C@H](C(=O)N1CCCC1c1nc2ccc(-c3ccc4cc(-c5ccc6nc([C@@H]7CCCN7C(=O)[C@@H](NC(=O)OC)C7CCOCC7)[nH]c6c5)ccc4c3)cc2[nH]1)C(C)C. The van der Waals surface area contributed by atoms with Crippen LogP contribution in [-0.2, 0) is 23.8 Å². The Morgan fingerprint density at radius 2 is 1.13 bits per heavy atom. The zero-order chi connectivity index (χ0) is 43.8. The Balaban J connectivity index is 0.914. The number of likely N-dealkylation sites (tertiary alicyclic amines) is 2. The second-order valence-electron chi connectivity index (χ2n) is 17.3. The van der Waals surface area contributed by atoms with Crippen LogP contribution in [0, 0.1) is 11.8 Å². The summed E-state index contributed by atoms with van der Waals surface area (Å²) >= 11 is 0. The van der Waals surface area contributed by atoms with E-state index in [1.54, 1.807) is 0 Å². The third-order valence-electron chi connectivity index (χ3n) is 13.1. The molecule has 2 aromatic heterocycles. The van der Waals surface area contributed by atoms with Crippen LogP contribution in [0.2, 0.25) is 0 Å². The van der Waals surface area contributed by atoms with Gasteiger partial charge in [-0.2, -0.15) is 0 Å². The topological polar surface area (TPSA) is 184 Å². The van der Waals surface area contributed by atoms with E-state index in [4.69, 9.17) is 24.2 Å². The van der Waals surface area contributed by atoms with E-state index in [1.807, 2.05) is 35.8 Å². The number of benzene rings is 4. The minimum Gasteiger partial charge on any atom is -0.453 e. The number of hydrogen-bond acceptors (Lipinski definition) is 9. The maximum absolute atomic E-state index is 14.1. The summed E-state index contributed by atoms with van der Waals surface area (Å²) in [5.74, 6) is 1.10. The van der Waals surface area contributed by atoms with E-state index >= 15 is 0 Å². The van der Waals surface area contributed by atoms with Gasteiger partial charge in [0.05, 0.1) is 48.4 Å². The molecule has 0 bridgehead atoms. The second-order valence-corrected chi connectivity index (χ2v) is 17.3. The van der Waals surface area contributed by atoms with Crippen LogP contribution >= 0.6 is 0 Å². The number of aromatic nitrogens is 4. The molecule has 3 aliphatic rings. The molecule has 4 aromatic carbocycles. The average molecular weight is 855 g/mol. The highest BCUT2D eigenvalue weighted by Crippen LogP contribution is 2.37. The van der Waals surface area contributed by atoms with Crippen molar-refractivity contribution in [2.75, 3.05) is 40.5 Å². The lowest BCUT2D eigenvalue weighted by atomic mass is 9.90. The molecule has 0 spiro atoms. The van der Waals surface area contributed by atoms with Crippen LogP contribution in [-0.4, -0.2) is 106 Å². The summed E-state index contributed by atoms with van der Waals surface area (Å²) in [6.45, 7) is 6.12. The van der Waals surface area contributed by atoms with E-state index in [-0.39, 0.29) is 35.7 Å². The largest absolute Gasteiger partial charge is 0.453 e. The van der Waals surface area contributed by atoms with Crippen LogP contribution in [0.3, 0.4) is 0 Å². The Bertz CT molecular complexity index is 2690. The Hall–Kier alpha value is -6.48. The molecule has 4 atom stereocenters. The molecule has 5 heterocycles. The van der Waals surface area contributed by atoms with Crippen LogP contribution < -0.4 is 10.6 Å². The van der Waals surface area contributed by atoms with E-state index < -0.39 is 24.3 Å². The van der Waals surface area contributed by atoms with Crippen LogP contribution in [0.5, 0.6) is 0 Å². The fraction of sp³-hybridized carbons (Fsp3) is 0.417. The molecule has 9 rings (SSSR count). The lowest BCUT2D eigenvalue weighted by Gasteiger charge is -2.34. The van der Waals surface area contributed by atoms with E-state index in [2.05, 4.69) is 81.3 Å². The van der Waals surface area contributed by atoms with Crippen LogP contribution in [0.15, 0.2) is 72.8 Å². The maximum Gasteiger partial charge on any atom is 0.407 e. The van der Waals surface area contributed by atoms with Crippen LogP contribution in [0.25, 0.3) is 55.1 Å². The Morgan fingerprint density at radius 3 is 1.63 bits per heavy atom. The molecular weight excluding hydrogens is 801 g/mol. The Kier molecular flexibility index (Phi) is 11.8. The first kappa shape index (κ1) is 41.9. The van der Waals surface area contributed by atoms with Crippen molar-refractivity contribution < 1.29 is 33.4 Å². The summed E-state index contributed by atoms with van der Waals surface area (Å²) in [5, 5.41) is 7.76. The first-order valence-electron chi connectivity index (χ1n) is 22.0. The molecule has 4 amide bonds. The fourth-order valence-corrected chi connectivity index (χ4v) is 9.64. The molecule has 1 unspecified atom stereocenters. The van der Waals surface area contributed by atoms with Gasteiger partial charge in [0, 0.05) is 26.3 Å². The number of fused-ring (bicyclic) bond motifs is 3. The quantitative estimate of drug-likeness (QED) is 0.107. The number of nitrogens with zero attached hydrogens (tertiary/aromatic N) is 4. The van der Waals surface area contributed by atoms with Crippen molar-refractivity contribution in [3.63, 3.8) is 0 Å². The third-order valence-corrected chi connectivity index (χ3v) is 13.1. The molecule has 15 nitrogen and oxygen atoms in total. The molecule has 0 saturated carbocycles. The number of amides is 4. The average Bonchev–Trinajstić information content (AvgIpc) is 4.15. The number of aromatic amines is 2. The summed E-state index contributed by atoms with van der Waals surface area (Å²) in [6, 6.07) is 23.5. The van der Waals surface area contributed by atoms with E-state index in [0.29, 0.717) is 39.1 Å². The molecular formula is C48H54N8O7. The summed E-state index contributed by atoms with van der Waals surface area (Å²) in [6.07, 6.45) is 3.40. The van der Waals surface area contributed by atoms with Crippen molar-refractivity contribution in [3.8, 4) is 22.3 Å². The summed E-state index contributed by atoms with van der Waals surface area (Å²) in [7, 11) is 2.61. The highest BCUT2D eigenvalue weighted by Gasteiger charge is 2.41. The van der Waals surface area contributed by atoms with Gasteiger partial charge in [-0.3, -0.25) is 9.59 Å². The van der Waals surface area contributed by atoms with Crippen molar-refractivity contribution >= 4 is 56.8 Å². The molecule has 0 radical (unpaired) electrons. The number of ether oxygens (including phenoxy) is 3. The van der Waals surface area contributed by atoms with Gasteiger partial charge in [0.25, 0.3) is 0 Å². The van der Waals surface area contributed by atoms with Gasteiger partial charge in [0.1, 0.15) is 23.7 Å². The fourth-order valence-electron chi connectivity index (χ4n) is 9.64. The molecule has 4 N–H and O–H groups in total. The summed E-state index contributed by atoms with van der Waals surface area (Å²) in [4.78, 5) is 72.7. The van der Waals surface area contributed by atoms with Crippen LogP contribution in [0.4, 0.5) is 9.59 Å². The van der Waals surface area contributed by atoms with Crippen molar-refractivity contribution in [1.29, 1.82) is 0 Å². The lowest BCUT2D eigenvalue weighted by molar-refractivity contribution is -0.137. The molecule has 6 aromatic rings. The standard InChI is InChI=1S/C48H54N8O7/c1-27(2)41(53-47(59)61-3)45(57)55-19-5-7-39(55)43-49-35-15-13-33(25-37(35)51-43)31-11-9-30-24-32(12-10-29(30)23-31)34-14-16-36-38(26-34)52-44(50-36)40-8-6-20-56(40)46(58)42(54-48(60)62-4)28-17-21-63-22-18-28/h9-16,23-28,39-42H,5-8,17-22H2,1-4H3,(H,49,51)(H,50,52)(H,53,59)(H,54,60)/t39?,40-,41-,42-/m0/s1. The van der Waals surface area contributed by atoms with Gasteiger partial charge in [-0.1, -0.05) is 50.2 Å². The number of hydrogen-bond donors (Lipinski definition) is 4. The van der Waals surface area contributed by atoms with Crippen molar-refractivity contribution in [3.05, 3.63) is 84.4 Å². The first-order chi connectivity index (χ1) is 30.6. The number of alkyl carbamates (subject to hydrolysis) is 2. The van der Waals surface area contributed by atoms with E-state index in [9.17, 15) is 19.2 Å². The number of carbonyl (C=O) groups excluding carboxylic acids is 4. The monoisotopic (exact) mass is 854 g/mol. The smallest absolute Gasteiger partial charge is 0.407 e. The molecule has 63 heavy (non-hydrogen) atoms. The summed E-state index contributed by atoms with van der Waals surface area (Å²) in [5.41, 5.74) is 7.69. The highest BCUT2D eigenvalue weighted by molar-refractivity contribution is 5.93. The number of rotatable bonds is 10. The minimum atomic E-state index is -0.694. The molecule has 328 valence electrons. The van der Waals surface area contributed by atoms with Crippen molar-refractivity contribution in [2.24, 2.45) is 11.8 Å². The van der Waals surface area contributed by atoms with Gasteiger partial charge in [0.2, 0.25) is 11.8 Å². The predicted octanol–water partition coefficient (Wildman–Crippen LogP) is 7.79. The number of carbonyl (C=O) groups is 4. The van der Waals surface area contributed by atoms with Gasteiger partial charge in [-0.25, -0.2) is 19.6 Å². The van der Waals surface area contributed by atoms with Gasteiger partial charge >= 0.3 is 12.2 Å². The van der Waals surface area contributed by atoms with Gasteiger partial charge in [-0.05, 0) is 120 Å². The molecule has 15 heteroatoms. The third kappa shape index (κ3) is 8.41. The van der Waals surface area contributed by atoms with Crippen LogP contribution in [0.1, 0.15) is 76.1 Å². The Labute approximate surface area is 365 Å². The van der Waals surface area contributed by atoms with E-state index in [0.717, 1.165) is 92.4 Å². The second kappa shape index (κ2) is 17.7. The molecule has 3 fully saturated rings. The Morgan fingerprint density at radius 1 is 0.651 bits per heavy atom. The zero-order valence-corrected chi connectivity index (χ0v) is 36.1. The normalized spacial score (nSPS) is 19.2. The zero-order valence-electron chi connectivity index (χ0n) is 36.1. The number of H-pyrrole nitrogens is 2. The van der Waals surface area contributed by atoms with E-state index in [1.165, 1.54) is 14.2 Å². The highest BCUT2D eigenvalue weighted by atomic mass is 16.5. The molecule has 3 aliphatic heterocycles. The van der Waals surface area contributed by atoms with Gasteiger partial charge in [-0.15, -0.1) is 0 Å². The first-order valence-corrected chi connectivity index (χ1v) is 22.0. The number of nitrogens with one attached hydrogen (secondary N) is 4. The van der Waals surface area contributed by atoms with Gasteiger partial charge in [0.15, 0.2) is 0 Å². The predicted molar refractivity (Wildman–Crippen MR) is 239 cm³/mol. The number of methoxy groups -OCH3 is 2. The molecule has 0 aliphatic carbocycles. The number of imidazole rings is 2. The maximum atomic E-state index is 14.1. The minimum absolute atomic E-state index is 0.0307. The molecule has 3 saturated heterocycles. The lowest BCUT2D eigenvalue weighted by Crippen LogP contribution is -2.53.